The van der Waals surface area contributed by atoms with Crippen LogP contribution in [0.1, 0.15) is 46.0 Å². The van der Waals surface area contributed by atoms with Gasteiger partial charge >= 0.3 is 0 Å². The minimum Gasteiger partial charge on any atom is -0.364 e. The van der Waals surface area contributed by atoms with E-state index in [4.69, 9.17) is 10.5 Å². The first-order valence-electron chi connectivity index (χ1n) is 8.43. The lowest BCUT2D eigenvalue weighted by Crippen LogP contribution is -2.49. The Labute approximate surface area is 132 Å². The van der Waals surface area contributed by atoms with E-state index in [0.717, 1.165) is 38.8 Å². The second kappa shape index (κ2) is 7.92. The van der Waals surface area contributed by atoms with Crippen molar-refractivity contribution in [3.05, 3.63) is 0 Å². The fourth-order valence-corrected chi connectivity index (χ4v) is 3.12. The monoisotopic (exact) mass is 311 g/mol. The van der Waals surface area contributed by atoms with Crippen LogP contribution in [0.5, 0.6) is 0 Å². The van der Waals surface area contributed by atoms with Crippen molar-refractivity contribution in [2.75, 3.05) is 19.6 Å². The molecule has 2 fully saturated rings. The molecule has 22 heavy (non-hydrogen) atoms. The van der Waals surface area contributed by atoms with Gasteiger partial charge in [-0.25, -0.2) is 0 Å². The molecule has 2 amide bonds. The fraction of sp³-hybridized carbons (Fsp3) is 0.875. The molecule has 2 heterocycles. The maximum atomic E-state index is 12.2. The predicted molar refractivity (Wildman–Crippen MR) is 84.1 cm³/mol. The van der Waals surface area contributed by atoms with Gasteiger partial charge in [-0.1, -0.05) is 13.8 Å². The molecule has 2 aliphatic heterocycles. The van der Waals surface area contributed by atoms with Gasteiger partial charge in [0, 0.05) is 32.1 Å². The Morgan fingerprint density at radius 2 is 1.91 bits per heavy atom. The van der Waals surface area contributed by atoms with E-state index in [0.29, 0.717) is 18.9 Å². The molecule has 6 nitrogen and oxygen atoms in total. The van der Waals surface area contributed by atoms with E-state index in [1.807, 2.05) is 4.90 Å². The highest BCUT2D eigenvalue weighted by atomic mass is 16.5. The van der Waals surface area contributed by atoms with Crippen molar-refractivity contribution in [1.82, 2.24) is 10.2 Å². The van der Waals surface area contributed by atoms with Gasteiger partial charge < -0.3 is 20.7 Å². The number of amides is 2. The molecule has 2 aliphatic rings. The molecule has 2 saturated heterocycles. The summed E-state index contributed by atoms with van der Waals surface area (Å²) in [4.78, 5) is 26.1. The van der Waals surface area contributed by atoms with Crippen LogP contribution in [0.2, 0.25) is 0 Å². The van der Waals surface area contributed by atoms with Gasteiger partial charge in [0.15, 0.2) is 0 Å². The Morgan fingerprint density at radius 3 is 2.45 bits per heavy atom. The number of carbonyl (C=O) groups is 2. The molecule has 2 atom stereocenters. The molecule has 0 aromatic carbocycles. The van der Waals surface area contributed by atoms with Gasteiger partial charge in [0.1, 0.15) is 6.10 Å². The van der Waals surface area contributed by atoms with Crippen LogP contribution in [0, 0.1) is 5.92 Å². The number of nitrogens with one attached hydrogen (secondary N) is 1. The Balaban J connectivity index is 1.71. The number of hydrogen-bond acceptors (Lipinski definition) is 4. The predicted octanol–water partition coefficient (Wildman–Crippen LogP) is 0.646. The molecule has 0 radical (unpaired) electrons. The number of hydrogen-bond donors (Lipinski definition) is 2. The molecular weight excluding hydrogens is 282 g/mol. The van der Waals surface area contributed by atoms with Gasteiger partial charge in [0.25, 0.3) is 0 Å². The first kappa shape index (κ1) is 17.2. The molecule has 0 unspecified atom stereocenters. The van der Waals surface area contributed by atoms with Crippen molar-refractivity contribution in [2.24, 2.45) is 11.7 Å². The average Bonchev–Trinajstić information content (AvgIpc) is 2.96. The van der Waals surface area contributed by atoms with Gasteiger partial charge in [0.05, 0.1) is 6.10 Å². The zero-order chi connectivity index (χ0) is 16.1. The third-order valence-corrected chi connectivity index (χ3v) is 4.44. The molecular formula is C16H29N3O3. The Kier molecular flexibility index (Phi) is 6.20. The summed E-state index contributed by atoms with van der Waals surface area (Å²) in [5.41, 5.74) is 5.56. The van der Waals surface area contributed by atoms with Crippen LogP contribution in [0.4, 0.5) is 0 Å². The highest BCUT2D eigenvalue weighted by molar-refractivity contribution is 5.81. The zero-order valence-electron chi connectivity index (χ0n) is 13.7. The summed E-state index contributed by atoms with van der Waals surface area (Å²) in [5.74, 6) is 0.590. The highest BCUT2D eigenvalue weighted by Crippen LogP contribution is 2.20. The van der Waals surface area contributed by atoms with Crippen molar-refractivity contribution >= 4 is 11.8 Å². The quantitative estimate of drug-likeness (QED) is 0.780. The molecule has 126 valence electrons. The second-order valence-electron chi connectivity index (χ2n) is 6.82. The van der Waals surface area contributed by atoms with E-state index in [9.17, 15) is 9.59 Å². The maximum Gasteiger partial charge on any atom is 0.249 e. The van der Waals surface area contributed by atoms with Crippen LogP contribution >= 0.6 is 0 Å². The van der Waals surface area contributed by atoms with Crippen LogP contribution in [-0.4, -0.2) is 54.6 Å². The van der Waals surface area contributed by atoms with Crippen molar-refractivity contribution in [1.29, 1.82) is 0 Å². The fourth-order valence-electron chi connectivity index (χ4n) is 3.12. The lowest BCUT2D eigenvalue weighted by Gasteiger charge is -2.33. The normalized spacial score (nSPS) is 26.5. The number of nitrogens with two attached hydrogens (primary N) is 1. The largest absolute Gasteiger partial charge is 0.364 e. The first-order chi connectivity index (χ1) is 10.5. The van der Waals surface area contributed by atoms with Gasteiger partial charge in [0.2, 0.25) is 11.8 Å². The van der Waals surface area contributed by atoms with Crippen LogP contribution in [0.15, 0.2) is 0 Å². The molecule has 2 rings (SSSR count). The summed E-state index contributed by atoms with van der Waals surface area (Å²) < 4.78 is 5.62. The number of rotatable bonds is 5. The standard InChI is InChI=1S/C16H29N3O3/c1-11(2)9-15(20)19-7-5-12(6-8-19)18-16(21)14-4-3-13(10-17)22-14/h11-14H,3-10,17H2,1-2H3,(H,18,21)/t13-,14+/m1/s1. The van der Waals surface area contributed by atoms with Crippen LogP contribution in [0.3, 0.4) is 0 Å². The van der Waals surface area contributed by atoms with E-state index in [1.54, 1.807) is 0 Å². The number of piperidine rings is 1. The summed E-state index contributed by atoms with van der Waals surface area (Å²) in [6, 6.07) is 0.149. The van der Waals surface area contributed by atoms with Gasteiger partial charge in [-0.05, 0) is 31.6 Å². The molecule has 3 N–H and O–H groups in total. The van der Waals surface area contributed by atoms with Crippen LogP contribution in [0.25, 0.3) is 0 Å². The number of ether oxygens (including phenoxy) is 1. The Bertz CT molecular complexity index is 392. The topological polar surface area (TPSA) is 84.7 Å². The summed E-state index contributed by atoms with van der Waals surface area (Å²) >= 11 is 0. The van der Waals surface area contributed by atoms with E-state index in [2.05, 4.69) is 19.2 Å². The van der Waals surface area contributed by atoms with E-state index < -0.39 is 0 Å². The number of nitrogens with zero attached hydrogens (tertiary/aromatic N) is 1. The highest BCUT2D eigenvalue weighted by Gasteiger charge is 2.32. The van der Waals surface area contributed by atoms with E-state index in [1.165, 1.54) is 0 Å². The van der Waals surface area contributed by atoms with Gasteiger partial charge in [-0.2, -0.15) is 0 Å². The summed E-state index contributed by atoms with van der Waals surface area (Å²) in [7, 11) is 0. The zero-order valence-corrected chi connectivity index (χ0v) is 13.7. The van der Waals surface area contributed by atoms with E-state index in [-0.39, 0.29) is 30.1 Å². The minimum absolute atomic E-state index is 0.0197. The van der Waals surface area contributed by atoms with Gasteiger partial charge in [-0.3, -0.25) is 9.59 Å². The SMILES string of the molecule is CC(C)CC(=O)N1CCC(NC(=O)[C@@H]2CC[C@H](CN)O2)CC1. The summed E-state index contributed by atoms with van der Waals surface area (Å²) in [6.45, 7) is 6.04. The minimum atomic E-state index is -0.353. The third-order valence-electron chi connectivity index (χ3n) is 4.44. The van der Waals surface area contributed by atoms with Crippen molar-refractivity contribution < 1.29 is 14.3 Å². The maximum absolute atomic E-state index is 12.2. The van der Waals surface area contributed by atoms with Crippen molar-refractivity contribution in [2.45, 2.75) is 64.2 Å². The molecule has 0 aromatic rings. The van der Waals surface area contributed by atoms with Crippen molar-refractivity contribution in [3.63, 3.8) is 0 Å². The molecule has 0 saturated carbocycles. The first-order valence-corrected chi connectivity index (χ1v) is 8.43. The van der Waals surface area contributed by atoms with Crippen LogP contribution < -0.4 is 11.1 Å². The molecule has 0 bridgehead atoms. The summed E-state index contributed by atoms with van der Waals surface area (Å²) in [6.07, 6.45) is 3.52. The Morgan fingerprint density at radius 1 is 1.23 bits per heavy atom. The molecule has 0 spiro atoms. The number of likely N-dealkylation sites (tertiary alicyclic amines) is 1. The van der Waals surface area contributed by atoms with Crippen molar-refractivity contribution in [3.8, 4) is 0 Å². The van der Waals surface area contributed by atoms with E-state index >= 15 is 0 Å². The van der Waals surface area contributed by atoms with Gasteiger partial charge in [-0.15, -0.1) is 0 Å². The lowest BCUT2D eigenvalue weighted by molar-refractivity contribution is -0.134. The number of carbonyl (C=O) groups excluding carboxylic acids is 2. The second-order valence-corrected chi connectivity index (χ2v) is 6.82. The molecule has 0 aromatic heterocycles. The average molecular weight is 311 g/mol. The smallest absolute Gasteiger partial charge is 0.249 e. The molecule has 0 aliphatic carbocycles. The Hall–Kier alpha value is -1.14. The lowest BCUT2D eigenvalue weighted by atomic mass is 10.0. The molecule has 6 heteroatoms. The van der Waals surface area contributed by atoms with Crippen LogP contribution in [-0.2, 0) is 14.3 Å². The third kappa shape index (κ3) is 4.68. The summed E-state index contributed by atoms with van der Waals surface area (Å²) in [5, 5.41) is 3.06.